The number of hydrogen-bond donors (Lipinski definition) is 0. The Morgan fingerprint density at radius 2 is 0.584 bits per heavy atom. The van der Waals surface area contributed by atoms with E-state index in [-0.39, 0.29) is 32.5 Å². The average Bonchev–Trinajstić information content (AvgIpc) is 0.940. The zero-order valence-electron chi connectivity index (χ0n) is 58.3. The fraction of sp³-hybridized carbons (Fsp3) is 0.500. The highest BCUT2D eigenvalue weighted by Gasteiger charge is 2.41. The summed E-state index contributed by atoms with van der Waals surface area (Å²) in [7, 11) is -4.35. The van der Waals surface area contributed by atoms with Crippen LogP contribution in [0.3, 0.4) is 0 Å². The quantitative estimate of drug-likeness (QED) is 0.0447. The van der Waals surface area contributed by atoms with Gasteiger partial charge in [0.25, 0.3) is 0 Å². The zero-order valence-corrected chi connectivity index (χ0v) is 59.2. The Kier molecular flexibility index (Phi) is 21.0. The number of phosphoric ester groups is 1. The number of rotatable bonds is 24. The van der Waals surface area contributed by atoms with Crippen molar-refractivity contribution in [1.82, 2.24) is 0 Å². The molecular formula is C84H111O4P. The van der Waals surface area contributed by atoms with E-state index >= 15 is 4.57 Å². The molecule has 6 aromatic carbocycles. The minimum atomic E-state index is -4.35. The van der Waals surface area contributed by atoms with E-state index in [1.807, 2.05) is 0 Å². The standard InChI is InChI=1S/C84H111O4P/c1-19-22-25-76(64-34-28-61(29-35-64)52-58(4)67-40-43-70-73(55-67)82(13,14)49-46-79(70,7)8)86-89(85,87-77(26-23-20-2)65-36-30-62(31-37-65)53-59(5)68-41-44-71-74(56-68)83(15,16)50-47-80(71,9)10)88-78(27-24-21-3)66-38-32-63(33-39-66)54-60(6)69-42-45-72-75(57-69)84(17,18)51-48-81(72,11)12/h28-45,52-57,76-78H,19-27,46-51H2,1-18H3/b58-52+,59-53+,60-54+. The van der Waals surface area contributed by atoms with Crippen LogP contribution in [0, 0.1) is 0 Å². The van der Waals surface area contributed by atoms with Gasteiger partial charge in [0.2, 0.25) is 0 Å². The average molecular weight is 1220 g/mol. The maximum absolute atomic E-state index is 16.4. The predicted octanol–water partition coefficient (Wildman–Crippen LogP) is 25.7. The van der Waals surface area contributed by atoms with Crippen molar-refractivity contribution in [1.29, 1.82) is 0 Å². The number of unbranched alkanes of at least 4 members (excludes halogenated alkanes) is 3. The lowest BCUT2D eigenvalue weighted by molar-refractivity contribution is 0.0214. The third-order valence-corrected chi connectivity index (χ3v) is 22.8. The van der Waals surface area contributed by atoms with E-state index < -0.39 is 26.1 Å². The molecule has 5 heteroatoms. The first-order chi connectivity index (χ1) is 42.0. The predicted molar refractivity (Wildman–Crippen MR) is 383 cm³/mol. The number of fused-ring (bicyclic) bond motifs is 3. The van der Waals surface area contributed by atoms with Crippen LogP contribution in [0.4, 0.5) is 0 Å². The van der Waals surface area contributed by atoms with Gasteiger partial charge in [-0.1, -0.05) is 288 Å². The molecule has 6 aromatic rings. The molecule has 4 nitrogen and oxygen atoms in total. The summed E-state index contributed by atoms with van der Waals surface area (Å²) < 4.78 is 37.8. The van der Waals surface area contributed by atoms with Gasteiger partial charge in [-0.05, 0) is 211 Å². The van der Waals surface area contributed by atoms with Crippen molar-refractivity contribution in [3.05, 3.63) is 211 Å². The zero-order chi connectivity index (χ0) is 64.3. The van der Waals surface area contributed by atoms with Gasteiger partial charge in [0.05, 0.1) is 18.3 Å². The molecule has 0 aromatic heterocycles. The van der Waals surface area contributed by atoms with Gasteiger partial charge in [0, 0.05) is 0 Å². The van der Waals surface area contributed by atoms with E-state index in [0.717, 1.165) is 71.9 Å². The summed E-state index contributed by atoms with van der Waals surface area (Å²) in [4.78, 5) is 0. The molecule has 3 unspecified atom stereocenters. The summed E-state index contributed by atoms with van der Waals surface area (Å²) in [6.07, 6.45) is 20.0. The molecule has 0 aliphatic heterocycles. The van der Waals surface area contributed by atoms with Crippen LogP contribution < -0.4 is 0 Å². The van der Waals surface area contributed by atoms with Gasteiger partial charge >= 0.3 is 7.82 Å². The number of benzene rings is 6. The molecule has 0 saturated heterocycles. The first-order valence-electron chi connectivity index (χ1n) is 34.4. The largest absolute Gasteiger partial charge is 0.476 e. The molecule has 3 atom stereocenters. The molecule has 0 saturated carbocycles. The Hall–Kier alpha value is -5.35. The van der Waals surface area contributed by atoms with Crippen molar-refractivity contribution in [2.45, 2.75) is 272 Å². The lowest BCUT2D eigenvalue weighted by atomic mass is 9.63. The first kappa shape index (κ1) is 68.0. The monoisotopic (exact) mass is 1210 g/mol. The van der Waals surface area contributed by atoms with Crippen LogP contribution in [-0.2, 0) is 50.6 Å². The molecule has 476 valence electrons. The minimum Gasteiger partial charge on any atom is -0.279 e. The summed E-state index contributed by atoms with van der Waals surface area (Å²) in [5.41, 5.74) is 23.4. The molecule has 0 fully saturated rings. The fourth-order valence-corrected chi connectivity index (χ4v) is 16.2. The van der Waals surface area contributed by atoms with Crippen molar-refractivity contribution in [3.8, 4) is 0 Å². The molecular weight excluding hydrogens is 1100 g/mol. The molecule has 9 rings (SSSR count). The summed E-state index contributed by atoms with van der Waals surface area (Å²) in [5, 5.41) is 0. The Bertz CT molecular complexity index is 3190. The summed E-state index contributed by atoms with van der Waals surface area (Å²) in [6, 6.07) is 47.4. The number of phosphoric acid groups is 1. The number of hydrogen-bond acceptors (Lipinski definition) is 4. The van der Waals surface area contributed by atoms with Gasteiger partial charge in [0.1, 0.15) is 0 Å². The maximum Gasteiger partial charge on any atom is 0.476 e. The van der Waals surface area contributed by atoms with Crippen LogP contribution in [0.1, 0.15) is 323 Å². The van der Waals surface area contributed by atoms with Gasteiger partial charge in [0.15, 0.2) is 0 Å². The van der Waals surface area contributed by atoms with E-state index in [0.29, 0.717) is 19.3 Å². The second kappa shape index (κ2) is 27.5. The van der Waals surface area contributed by atoms with Crippen molar-refractivity contribution < 1.29 is 18.1 Å². The SMILES string of the molecule is CCCCC(OP(=O)(OC(CCCC)c1ccc(/C=C(\C)c2ccc3c(c2)C(C)(C)CCC3(C)C)cc1)OC(CCCC)c1ccc(/C=C(\C)c2ccc3c(c2)C(C)(C)CCC3(C)C)cc1)c1ccc(/C=C(\C)c2ccc3c(c2)C(C)(C)CCC3(C)C)cc1. The molecule has 0 bridgehead atoms. The third kappa shape index (κ3) is 15.9. The minimum absolute atomic E-state index is 0.134. The topological polar surface area (TPSA) is 44.8 Å². The molecule has 0 N–H and O–H groups in total. The molecule has 0 heterocycles. The maximum atomic E-state index is 16.4. The summed E-state index contributed by atoms with van der Waals surface area (Å²) >= 11 is 0. The highest BCUT2D eigenvalue weighted by molar-refractivity contribution is 7.48. The van der Waals surface area contributed by atoms with E-state index in [9.17, 15) is 0 Å². The molecule has 3 aliphatic rings. The Morgan fingerprint density at radius 3 is 0.809 bits per heavy atom. The third-order valence-electron chi connectivity index (χ3n) is 21.2. The molecule has 89 heavy (non-hydrogen) atoms. The second-order valence-corrected chi connectivity index (χ2v) is 32.7. The Labute approximate surface area is 540 Å². The summed E-state index contributed by atoms with van der Waals surface area (Å²) in [6.45, 7) is 42.0. The first-order valence-corrected chi connectivity index (χ1v) is 35.9. The van der Waals surface area contributed by atoms with Crippen LogP contribution in [0.25, 0.3) is 34.9 Å². The van der Waals surface area contributed by atoms with Crippen LogP contribution in [0.5, 0.6) is 0 Å². The highest BCUT2D eigenvalue weighted by atomic mass is 31.2. The molecule has 0 amide bonds. The van der Waals surface area contributed by atoms with Crippen molar-refractivity contribution in [3.63, 3.8) is 0 Å². The van der Waals surface area contributed by atoms with E-state index in [2.05, 4.69) is 270 Å². The molecule has 3 aliphatic carbocycles. The number of allylic oxidation sites excluding steroid dienone is 3. The molecule has 0 spiro atoms. The Balaban J connectivity index is 1.04. The highest BCUT2D eigenvalue weighted by Crippen LogP contribution is 2.61. The lowest BCUT2D eigenvalue weighted by Gasteiger charge is -2.42. The van der Waals surface area contributed by atoms with Gasteiger partial charge in [-0.25, -0.2) is 4.57 Å². The van der Waals surface area contributed by atoms with Crippen LogP contribution >= 0.6 is 7.82 Å². The van der Waals surface area contributed by atoms with Crippen molar-refractivity contribution in [2.75, 3.05) is 0 Å². The fourth-order valence-electron chi connectivity index (χ4n) is 14.5. The Morgan fingerprint density at radius 1 is 0.360 bits per heavy atom. The lowest BCUT2D eigenvalue weighted by Crippen LogP contribution is -2.33. The normalized spacial score (nSPS) is 19.9. The molecule has 0 radical (unpaired) electrons. The van der Waals surface area contributed by atoms with Gasteiger partial charge < -0.3 is 0 Å². The second-order valence-electron chi connectivity index (χ2n) is 31.2. The van der Waals surface area contributed by atoms with Gasteiger partial charge in [-0.3, -0.25) is 13.6 Å². The van der Waals surface area contributed by atoms with Crippen LogP contribution in [0.15, 0.2) is 127 Å². The summed E-state index contributed by atoms with van der Waals surface area (Å²) in [5.74, 6) is 0. The van der Waals surface area contributed by atoms with Gasteiger partial charge in [-0.2, -0.15) is 0 Å². The smallest absolute Gasteiger partial charge is 0.279 e. The van der Waals surface area contributed by atoms with E-state index in [4.69, 9.17) is 13.6 Å². The van der Waals surface area contributed by atoms with E-state index in [1.54, 1.807) is 0 Å². The van der Waals surface area contributed by atoms with Crippen molar-refractivity contribution in [2.24, 2.45) is 0 Å². The van der Waals surface area contributed by atoms with Gasteiger partial charge in [-0.15, -0.1) is 0 Å². The van der Waals surface area contributed by atoms with E-state index in [1.165, 1.54) is 105 Å². The van der Waals surface area contributed by atoms with Crippen LogP contribution in [0.2, 0.25) is 0 Å². The van der Waals surface area contributed by atoms with Crippen LogP contribution in [-0.4, -0.2) is 0 Å². The van der Waals surface area contributed by atoms with Crippen molar-refractivity contribution >= 4 is 42.8 Å².